The molecule has 0 fully saturated rings. The number of benzene rings is 2. The van der Waals surface area contributed by atoms with E-state index in [1.807, 2.05) is 0 Å². The van der Waals surface area contributed by atoms with Crippen molar-refractivity contribution in [3.05, 3.63) is 59.8 Å². The number of carbonyl (C=O) groups excluding carboxylic acids is 3. The summed E-state index contributed by atoms with van der Waals surface area (Å²) in [5.41, 5.74) is 6.85. The van der Waals surface area contributed by atoms with Crippen LogP contribution < -0.4 is 15.8 Å². The number of esters is 1. The van der Waals surface area contributed by atoms with Crippen LogP contribution >= 0.6 is 0 Å². The van der Waals surface area contributed by atoms with E-state index in [0.29, 0.717) is 22.6 Å². The van der Waals surface area contributed by atoms with E-state index in [1.165, 1.54) is 0 Å². The first-order valence-electron chi connectivity index (χ1n) is 8.99. The molecule has 3 rings (SSSR count). The third kappa shape index (κ3) is 4.79. The average molecular weight is 409 g/mol. The first-order valence-corrected chi connectivity index (χ1v) is 8.99. The van der Waals surface area contributed by atoms with Crippen LogP contribution in [0.3, 0.4) is 0 Å². The van der Waals surface area contributed by atoms with Gasteiger partial charge in [-0.05, 0) is 43.3 Å². The van der Waals surface area contributed by atoms with Gasteiger partial charge in [-0.3, -0.25) is 9.59 Å². The number of primary amides is 1. The van der Waals surface area contributed by atoms with Gasteiger partial charge in [0.1, 0.15) is 11.4 Å². The Morgan fingerprint density at radius 3 is 2.50 bits per heavy atom. The van der Waals surface area contributed by atoms with E-state index in [9.17, 15) is 14.4 Å². The molecule has 0 saturated carbocycles. The highest BCUT2D eigenvalue weighted by Gasteiger charge is 2.19. The van der Waals surface area contributed by atoms with Gasteiger partial charge in [-0.15, -0.1) is 0 Å². The number of ether oxygens (including phenoxy) is 2. The van der Waals surface area contributed by atoms with Crippen LogP contribution in [-0.2, 0) is 9.53 Å². The molecule has 0 bridgehead atoms. The number of hydrogen-bond acceptors (Lipinski definition) is 7. The molecule has 154 valence electrons. The van der Waals surface area contributed by atoms with Gasteiger partial charge >= 0.3 is 5.97 Å². The molecule has 0 aliphatic carbocycles. The molecule has 0 atom stereocenters. The second-order valence-corrected chi connectivity index (χ2v) is 6.02. The molecule has 0 aliphatic rings. The van der Waals surface area contributed by atoms with Gasteiger partial charge in [-0.1, -0.05) is 12.1 Å². The number of para-hydroxylation sites is 1. The Morgan fingerprint density at radius 1 is 1.07 bits per heavy atom. The van der Waals surface area contributed by atoms with Crippen molar-refractivity contribution in [1.29, 1.82) is 0 Å². The second-order valence-electron chi connectivity index (χ2n) is 6.02. The Bertz CT molecular complexity index is 1060. The van der Waals surface area contributed by atoms with Crippen molar-refractivity contribution in [2.45, 2.75) is 6.92 Å². The molecular formula is C20H19N5O5. The third-order valence-electron chi connectivity index (χ3n) is 3.96. The van der Waals surface area contributed by atoms with Gasteiger partial charge in [-0.2, -0.15) is 15.4 Å². The minimum atomic E-state index is -0.738. The lowest BCUT2D eigenvalue weighted by atomic mass is 10.1. The molecule has 1 heterocycles. The molecule has 30 heavy (non-hydrogen) atoms. The van der Waals surface area contributed by atoms with Crippen molar-refractivity contribution in [1.82, 2.24) is 15.4 Å². The van der Waals surface area contributed by atoms with Gasteiger partial charge in [-0.25, -0.2) is 4.79 Å². The number of aromatic amines is 1. The summed E-state index contributed by atoms with van der Waals surface area (Å²) in [6.45, 7) is 1.72. The first-order chi connectivity index (χ1) is 14.5. The monoisotopic (exact) mass is 409 g/mol. The number of nitrogens with one attached hydrogen (secondary N) is 2. The highest BCUT2D eigenvalue weighted by atomic mass is 16.5. The Morgan fingerprint density at radius 2 is 1.80 bits per heavy atom. The number of anilines is 1. The summed E-state index contributed by atoms with van der Waals surface area (Å²) in [5.74, 6) is -1.25. The first kappa shape index (κ1) is 20.5. The number of aromatic nitrogens is 3. The standard InChI is InChI=1S/C20H19N5O5/c1-2-29-20(28)12-7-9-13(10-8-12)22-16(26)11-30-15-6-4-3-5-14(15)17-18(19(21)27)24-25-23-17/h3-10H,2,11H2,1H3,(H2,21,27)(H,22,26)(H,23,24,25). The molecule has 10 nitrogen and oxygen atoms in total. The van der Waals surface area contributed by atoms with E-state index in [-0.39, 0.29) is 24.6 Å². The van der Waals surface area contributed by atoms with Crippen LogP contribution in [0.5, 0.6) is 5.75 Å². The molecule has 1 aromatic heterocycles. The van der Waals surface area contributed by atoms with Crippen molar-refractivity contribution in [2.75, 3.05) is 18.5 Å². The highest BCUT2D eigenvalue weighted by molar-refractivity contribution is 5.97. The minimum Gasteiger partial charge on any atom is -0.483 e. The third-order valence-corrected chi connectivity index (χ3v) is 3.96. The molecule has 0 spiro atoms. The number of nitrogens with zero attached hydrogens (tertiary/aromatic N) is 2. The number of rotatable bonds is 8. The maximum Gasteiger partial charge on any atom is 0.338 e. The summed E-state index contributed by atoms with van der Waals surface area (Å²) >= 11 is 0. The smallest absolute Gasteiger partial charge is 0.338 e. The van der Waals surface area contributed by atoms with Gasteiger partial charge < -0.3 is 20.5 Å². The Hall–Kier alpha value is -4.21. The number of amides is 2. The van der Waals surface area contributed by atoms with Gasteiger partial charge in [0, 0.05) is 11.3 Å². The van der Waals surface area contributed by atoms with Crippen molar-refractivity contribution >= 4 is 23.5 Å². The summed E-state index contributed by atoms with van der Waals surface area (Å²) in [6.07, 6.45) is 0. The SMILES string of the molecule is CCOC(=O)c1ccc(NC(=O)COc2ccccc2-c2n[nH]nc2C(N)=O)cc1. The second kappa shape index (κ2) is 9.32. The molecule has 2 amide bonds. The van der Waals surface area contributed by atoms with E-state index in [0.717, 1.165) is 0 Å². The topological polar surface area (TPSA) is 149 Å². The molecule has 0 aliphatic heterocycles. The molecule has 3 aromatic rings. The van der Waals surface area contributed by atoms with Gasteiger partial charge in [0.05, 0.1) is 12.2 Å². The largest absolute Gasteiger partial charge is 0.483 e. The summed E-state index contributed by atoms with van der Waals surface area (Å²) in [4.78, 5) is 35.4. The molecule has 4 N–H and O–H groups in total. The van der Waals surface area contributed by atoms with Crippen molar-refractivity contribution in [3.63, 3.8) is 0 Å². The molecule has 0 radical (unpaired) electrons. The van der Waals surface area contributed by atoms with E-state index in [2.05, 4.69) is 20.7 Å². The lowest BCUT2D eigenvalue weighted by Gasteiger charge is -2.11. The van der Waals surface area contributed by atoms with Gasteiger partial charge in [0.2, 0.25) is 0 Å². The fourth-order valence-electron chi connectivity index (χ4n) is 2.62. The van der Waals surface area contributed by atoms with E-state index < -0.39 is 17.8 Å². The molecular weight excluding hydrogens is 390 g/mol. The van der Waals surface area contributed by atoms with Crippen molar-refractivity contribution < 1.29 is 23.9 Å². The van der Waals surface area contributed by atoms with Crippen LogP contribution in [0.1, 0.15) is 27.8 Å². The maximum atomic E-state index is 12.2. The zero-order chi connectivity index (χ0) is 21.5. The zero-order valence-electron chi connectivity index (χ0n) is 16.0. The normalized spacial score (nSPS) is 10.3. The Balaban J connectivity index is 1.65. The molecule has 2 aromatic carbocycles. The molecule has 0 saturated heterocycles. The summed E-state index contributed by atoms with van der Waals surface area (Å²) in [5, 5.41) is 12.7. The van der Waals surface area contributed by atoms with Gasteiger partial charge in [0.15, 0.2) is 12.3 Å². The molecule has 10 heteroatoms. The average Bonchev–Trinajstić information content (AvgIpc) is 3.23. The minimum absolute atomic E-state index is 0.0304. The molecule has 0 unspecified atom stereocenters. The number of H-pyrrole nitrogens is 1. The highest BCUT2D eigenvalue weighted by Crippen LogP contribution is 2.29. The van der Waals surface area contributed by atoms with Crippen LogP contribution in [0, 0.1) is 0 Å². The van der Waals surface area contributed by atoms with Crippen molar-refractivity contribution in [3.8, 4) is 17.0 Å². The predicted molar refractivity (Wildman–Crippen MR) is 107 cm³/mol. The van der Waals surface area contributed by atoms with E-state index in [4.69, 9.17) is 15.2 Å². The van der Waals surface area contributed by atoms with Crippen LogP contribution in [-0.4, -0.2) is 46.4 Å². The zero-order valence-corrected chi connectivity index (χ0v) is 16.0. The summed E-state index contributed by atoms with van der Waals surface area (Å²) < 4.78 is 10.5. The summed E-state index contributed by atoms with van der Waals surface area (Å²) in [7, 11) is 0. The summed E-state index contributed by atoms with van der Waals surface area (Å²) in [6, 6.07) is 13.0. The predicted octanol–water partition coefficient (Wildman–Crippen LogP) is 1.76. The number of hydrogen-bond donors (Lipinski definition) is 3. The fourth-order valence-corrected chi connectivity index (χ4v) is 2.62. The fraction of sp³-hybridized carbons (Fsp3) is 0.150. The lowest BCUT2D eigenvalue weighted by Crippen LogP contribution is -2.20. The van der Waals surface area contributed by atoms with Crippen LogP contribution in [0.2, 0.25) is 0 Å². The van der Waals surface area contributed by atoms with Crippen LogP contribution in [0.25, 0.3) is 11.3 Å². The Kier molecular flexibility index (Phi) is 6.38. The van der Waals surface area contributed by atoms with Gasteiger partial charge in [0.25, 0.3) is 11.8 Å². The quantitative estimate of drug-likeness (QED) is 0.480. The number of carbonyl (C=O) groups is 3. The maximum absolute atomic E-state index is 12.2. The number of nitrogens with two attached hydrogens (primary N) is 1. The van der Waals surface area contributed by atoms with Crippen LogP contribution in [0.15, 0.2) is 48.5 Å². The Labute approximate surface area is 171 Å². The van der Waals surface area contributed by atoms with Crippen molar-refractivity contribution in [2.24, 2.45) is 5.73 Å². The van der Waals surface area contributed by atoms with Crippen LogP contribution in [0.4, 0.5) is 5.69 Å². The van der Waals surface area contributed by atoms with E-state index in [1.54, 1.807) is 55.5 Å². The lowest BCUT2D eigenvalue weighted by molar-refractivity contribution is -0.118. The van der Waals surface area contributed by atoms with E-state index >= 15 is 0 Å².